The Kier molecular flexibility index (Phi) is 3.05. The standard InChI is InChI=1S/C14H17NO4/c1-9-4-5-18-13(9)14(17)19-8-10-6-12(16)15(7-10)11-2-3-11/h4-5,10-11H,2-3,6-8H2,1H3. The Morgan fingerprint density at radius 1 is 1.53 bits per heavy atom. The zero-order valence-corrected chi connectivity index (χ0v) is 10.9. The van der Waals surface area contributed by atoms with Crippen LogP contribution in [0.2, 0.25) is 0 Å². The van der Waals surface area contributed by atoms with Gasteiger partial charge in [0.05, 0.1) is 12.9 Å². The zero-order chi connectivity index (χ0) is 13.4. The third-order valence-electron chi connectivity index (χ3n) is 3.72. The number of ether oxygens (including phenoxy) is 1. The molecule has 0 spiro atoms. The van der Waals surface area contributed by atoms with Crippen LogP contribution in [0, 0.1) is 12.8 Å². The van der Waals surface area contributed by atoms with Gasteiger partial charge in [0.1, 0.15) is 0 Å². The molecule has 1 aromatic heterocycles. The van der Waals surface area contributed by atoms with Gasteiger partial charge in [-0.05, 0) is 25.8 Å². The van der Waals surface area contributed by atoms with E-state index in [1.165, 1.54) is 6.26 Å². The fraction of sp³-hybridized carbons (Fsp3) is 0.571. The number of carbonyl (C=O) groups is 2. The molecule has 1 atom stereocenters. The maximum Gasteiger partial charge on any atom is 0.374 e. The number of rotatable bonds is 4. The highest BCUT2D eigenvalue weighted by molar-refractivity contribution is 5.87. The maximum absolute atomic E-state index is 11.8. The lowest BCUT2D eigenvalue weighted by molar-refractivity contribution is -0.128. The van der Waals surface area contributed by atoms with Crippen LogP contribution in [0.25, 0.3) is 0 Å². The van der Waals surface area contributed by atoms with Gasteiger partial charge in [-0.15, -0.1) is 0 Å². The Bertz CT molecular complexity index is 503. The summed E-state index contributed by atoms with van der Waals surface area (Å²) in [4.78, 5) is 25.5. The van der Waals surface area contributed by atoms with Crippen molar-refractivity contribution in [3.8, 4) is 0 Å². The molecule has 1 aliphatic heterocycles. The van der Waals surface area contributed by atoms with Crippen molar-refractivity contribution < 1.29 is 18.7 Å². The molecule has 1 aliphatic carbocycles. The number of furan rings is 1. The molecule has 1 unspecified atom stereocenters. The molecule has 2 fully saturated rings. The minimum absolute atomic E-state index is 0.118. The normalized spacial score (nSPS) is 22.9. The third-order valence-corrected chi connectivity index (χ3v) is 3.72. The predicted molar refractivity (Wildman–Crippen MR) is 66.6 cm³/mol. The van der Waals surface area contributed by atoms with Gasteiger partial charge in [0, 0.05) is 30.5 Å². The molecule has 102 valence electrons. The van der Waals surface area contributed by atoms with Crippen LogP contribution in [-0.2, 0) is 9.53 Å². The topological polar surface area (TPSA) is 59.8 Å². The van der Waals surface area contributed by atoms with Crippen LogP contribution in [0.3, 0.4) is 0 Å². The summed E-state index contributed by atoms with van der Waals surface area (Å²) in [5.74, 6) is 0.119. The number of likely N-dealkylation sites (tertiary alicyclic amines) is 1. The maximum atomic E-state index is 11.8. The van der Waals surface area contributed by atoms with Crippen molar-refractivity contribution >= 4 is 11.9 Å². The Morgan fingerprint density at radius 2 is 2.32 bits per heavy atom. The summed E-state index contributed by atoms with van der Waals surface area (Å²) in [7, 11) is 0. The van der Waals surface area contributed by atoms with Gasteiger partial charge in [-0.3, -0.25) is 4.79 Å². The molecule has 1 amide bonds. The molecule has 2 aliphatic rings. The van der Waals surface area contributed by atoms with E-state index in [4.69, 9.17) is 9.15 Å². The average molecular weight is 263 g/mol. The van der Waals surface area contributed by atoms with Gasteiger partial charge < -0.3 is 14.1 Å². The van der Waals surface area contributed by atoms with E-state index in [0.717, 1.165) is 18.4 Å². The SMILES string of the molecule is Cc1ccoc1C(=O)OCC1CC(=O)N(C2CC2)C1. The molecule has 0 N–H and O–H groups in total. The van der Waals surface area contributed by atoms with Gasteiger partial charge >= 0.3 is 5.97 Å². The van der Waals surface area contributed by atoms with Gasteiger partial charge in [-0.1, -0.05) is 0 Å². The van der Waals surface area contributed by atoms with Crippen molar-refractivity contribution in [1.82, 2.24) is 4.90 Å². The highest BCUT2D eigenvalue weighted by atomic mass is 16.5. The summed E-state index contributed by atoms with van der Waals surface area (Å²) in [6.45, 7) is 2.80. The summed E-state index contributed by atoms with van der Waals surface area (Å²) in [5.41, 5.74) is 0.770. The number of amides is 1. The first kappa shape index (κ1) is 12.3. The van der Waals surface area contributed by atoms with Crippen LogP contribution in [-0.4, -0.2) is 36.0 Å². The van der Waals surface area contributed by atoms with E-state index in [0.29, 0.717) is 19.0 Å². The highest BCUT2D eigenvalue weighted by Crippen LogP contribution is 2.32. The van der Waals surface area contributed by atoms with Gasteiger partial charge in [-0.25, -0.2) is 4.79 Å². The molecule has 5 heteroatoms. The summed E-state index contributed by atoms with van der Waals surface area (Å²) in [6.07, 6.45) is 4.19. The van der Waals surface area contributed by atoms with Gasteiger partial charge in [-0.2, -0.15) is 0 Å². The lowest BCUT2D eigenvalue weighted by Gasteiger charge is -2.15. The van der Waals surface area contributed by atoms with Crippen molar-refractivity contribution in [2.75, 3.05) is 13.2 Å². The van der Waals surface area contributed by atoms with Crippen LogP contribution in [0.1, 0.15) is 35.4 Å². The number of aryl methyl sites for hydroxylation is 1. The molecular formula is C14H17NO4. The van der Waals surface area contributed by atoms with Crippen molar-refractivity contribution in [3.05, 3.63) is 23.7 Å². The van der Waals surface area contributed by atoms with E-state index < -0.39 is 5.97 Å². The Labute approximate surface area is 111 Å². The summed E-state index contributed by atoms with van der Waals surface area (Å²) >= 11 is 0. The van der Waals surface area contributed by atoms with Gasteiger partial charge in [0.15, 0.2) is 0 Å². The van der Waals surface area contributed by atoms with Crippen LogP contribution >= 0.6 is 0 Å². The quantitative estimate of drug-likeness (QED) is 0.777. The van der Waals surface area contributed by atoms with E-state index in [-0.39, 0.29) is 24.2 Å². The largest absolute Gasteiger partial charge is 0.459 e. The molecule has 3 rings (SSSR count). The third kappa shape index (κ3) is 2.50. The fourth-order valence-corrected chi connectivity index (χ4v) is 2.50. The molecule has 5 nitrogen and oxygen atoms in total. The van der Waals surface area contributed by atoms with E-state index >= 15 is 0 Å². The first-order valence-corrected chi connectivity index (χ1v) is 6.66. The second-order valence-electron chi connectivity index (χ2n) is 5.38. The summed E-state index contributed by atoms with van der Waals surface area (Å²) in [6, 6.07) is 2.17. The molecule has 1 saturated carbocycles. The second-order valence-corrected chi connectivity index (χ2v) is 5.38. The fourth-order valence-electron chi connectivity index (χ4n) is 2.50. The van der Waals surface area contributed by atoms with Gasteiger partial charge in [0.25, 0.3) is 0 Å². The van der Waals surface area contributed by atoms with Crippen LogP contribution in [0.15, 0.2) is 16.7 Å². The number of esters is 1. The number of hydrogen-bond donors (Lipinski definition) is 0. The Hall–Kier alpha value is -1.78. The van der Waals surface area contributed by atoms with E-state index in [1.807, 2.05) is 4.90 Å². The molecule has 0 radical (unpaired) electrons. The van der Waals surface area contributed by atoms with Crippen LogP contribution < -0.4 is 0 Å². The number of carbonyl (C=O) groups excluding carboxylic acids is 2. The zero-order valence-electron chi connectivity index (χ0n) is 10.9. The van der Waals surface area contributed by atoms with Crippen molar-refractivity contribution in [3.63, 3.8) is 0 Å². The monoisotopic (exact) mass is 263 g/mol. The molecule has 0 aromatic carbocycles. The summed E-state index contributed by atoms with van der Waals surface area (Å²) < 4.78 is 10.3. The van der Waals surface area contributed by atoms with Crippen LogP contribution in [0.5, 0.6) is 0 Å². The first-order chi connectivity index (χ1) is 9.15. The van der Waals surface area contributed by atoms with Gasteiger partial charge in [0.2, 0.25) is 11.7 Å². The number of nitrogens with zero attached hydrogens (tertiary/aromatic N) is 1. The van der Waals surface area contributed by atoms with Crippen molar-refractivity contribution in [2.24, 2.45) is 5.92 Å². The minimum atomic E-state index is -0.445. The Balaban J connectivity index is 1.52. The van der Waals surface area contributed by atoms with E-state index in [9.17, 15) is 9.59 Å². The predicted octanol–water partition coefficient (Wildman–Crippen LogP) is 1.76. The lowest BCUT2D eigenvalue weighted by atomic mass is 10.1. The van der Waals surface area contributed by atoms with Crippen LogP contribution in [0.4, 0.5) is 0 Å². The first-order valence-electron chi connectivity index (χ1n) is 6.66. The lowest BCUT2D eigenvalue weighted by Crippen LogP contribution is -2.27. The molecule has 1 aromatic rings. The molecule has 19 heavy (non-hydrogen) atoms. The average Bonchev–Trinajstić information content (AvgIpc) is 3.03. The number of hydrogen-bond acceptors (Lipinski definition) is 4. The van der Waals surface area contributed by atoms with Crippen molar-refractivity contribution in [2.45, 2.75) is 32.2 Å². The molecular weight excluding hydrogens is 246 g/mol. The Morgan fingerprint density at radius 3 is 2.95 bits per heavy atom. The molecule has 1 saturated heterocycles. The molecule has 0 bridgehead atoms. The highest BCUT2D eigenvalue weighted by Gasteiger charge is 2.39. The summed E-state index contributed by atoms with van der Waals surface area (Å²) in [5, 5.41) is 0. The van der Waals surface area contributed by atoms with Crippen molar-refractivity contribution in [1.29, 1.82) is 0 Å². The molecule has 2 heterocycles. The van der Waals surface area contributed by atoms with E-state index in [1.54, 1.807) is 13.0 Å². The minimum Gasteiger partial charge on any atom is -0.459 e. The second kappa shape index (κ2) is 4.72. The van der Waals surface area contributed by atoms with E-state index in [2.05, 4.69) is 0 Å². The smallest absolute Gasteiger partial charge is 0.374 e.